The van der Waals surface area contributed by atoms with E-state index in [0.29, 0.717) is 44.1 Å². The fourth-order valence-corrected chi connectivity index (χ4v) is 6.58. The monoisotopic (exact) mass is 532 g/mol. The predicted octanol–water partition coefficient (Wildman–Crippen LogP) is 5.15. The first kappa shape index (κ1) is 30.1. The van der Waals surface area contributed by atoms with Crippen LogP contribution in [-0.2, 0) is 33.3 Å². The Labute approximate surface area is 226 Å². The second kappa shape index (κ2) is 12.2. The molecule has 212 valence electrons. The number of carbonyl (C=O) groups is 3. The molecule has 1 aliphatic heterocycles. The number of aliphatic hydroxyl groups excluding tert-OH is 1. The predicted molar refractivity (Wildman–Crippen MR) is 141 cm³/mol. The van der Waals surface area contributed by atoms with Crippen LogP contribution in [0, 0.1) is 22.7 Å². The van der Waals surface area contributed by atoms with Crippen LogP contribution < -0.4 is 0 Å². The van der Waals surface area contributed by atoms with E-state index in [4.69, 9.17) is 18.9 Å². The maximum atomic E-state index is 12.8. The SMILES string of the molecule is C=C/C(C)=C\C[C@]1(C)[C@H](C)[C@@H](OC(=O)CCC)C[C@@]23C(=C[C@H](O)C[C@@H]12)[C@@H](OC(C)=O)O[C@H]3OC(=O)CCC. The van der Waals surface area contributed by atoms with Crippen LogP contribution >= 0.6 is 0 Å². The van der Waals surface area contributed by atoms with Gasteiger partial charge in [-0.1, -0.05) is 52.0 Å². The van der Waals surface area contributed by atoms with Crippen molar-refractivity contribution in [1.82, 2.24) is 0 Å². The summed E-state index contributed by atoms with van der Waals surface area (Å²) in [7, 11) is 0. The molecule has 0 aromatic rings. The molecule has 1 saturated heterocycles. The topological polar surface area (TPSA) is 108 Å². The molecule has 38 heavy (non-hydrogen) atoms. The van der Waals surface area contributed by atoms with Gasteiger partial charge in [-0.05, 0) is 55.9 Å². The van der Waals surface area contributed by atoms with Crippen molar-refractivity contribution in [3.8, 4) is 0 Å². The second-order valence-corrected chi connectivity index (χ2v) is 11.3. The maximum Gasteiger partial charge on any atom is 0.308 e. The molecule has 0 bridgehead atoms. The molecule has 0 radical (unpaired) electrons. The number of rotatable bonds is 10. The summed E-state index contributed by atoms with van der Waals surface area (Å²) < 4.78 is 23.8. The molecule has 1 heterocycles. The first-order chi connectivity index (χ1) is 17.9. The van der Waals surface area contributed by atoms with Gasteiger partial charge in [0.05, 0.1) is 11.5 Å². The lowest BCUT2D eigenvalue weighted by Crippen LogP contribution is -2.61. The summed E-state index contributed by atoms with van der Waals surface area (Å²) in [4.78, 5) is 37.6. The van der Waals surface area contributed by atoms with Crippen molar-refractivity contribution in [2.24, 2.45) is 22.7 Å². The highest BCUT2D eigenvalue weighted by Crippen LogP contribution is 2.67. The number of allylic oxidation sites excluding steroid dienone is 3. The quantitative estimate of drug-likeness (QED) is 0.178. The van der Waals surface area contributed by atoms with Gasteiger partial charge >= 0.3 is 17.9 Å². The number of hydrogen-bond donors (Lipinski definition) is 1. The van der Waals surface area contributed by atoms with Crippen LogP contribution in [0.4, 0.5) is 0 Å². The van der Waals surface area contributed by atoms with Gasteiger partial charge < -0.3 is 19.3 Å². The lowest BCUT2D eigenvalue weighted by atomic mass is 9.45. The van der Waals surface area contributed by atoms with Crippen molar-refractivity contribution < 1.29 is 38.4 Å². The van der Waals surface area contributed by atoms with Gasteiger partial charge in [-0.2, -0.15) is 0 Å². The van der Waals surface area contributed by atoms with Crippen molar-refractivity contribution in [3.63, 3.8) is 0 Å². The van der Waals surface area contributed by atoms with Gasteiger partial charge in [-0.3, -0.25) is 19.1 Å². The van der Waals surface area contributed by atoms with E-state index in [1.165, 1.54) is 6.92 Å². The maximum absolute atomic E-state index is 12.8. The van der Waals surface area contributed by atoms with Gasteiger partial charge in [0.25, 0.3) is 0 Å². The zero-order chi connectivity index (χ0) is 28.3. The molecule has 8 atom stereocenters. The van der Waals surface area contributed by atoms with Crippen LogP contribution in [0.25, 0.3) is 0 Å². The van der Waals surface area contributed by atoms with Crippen molar-refractivity contribution in [2.75, 3.05) is 0 Å². The van der Waals surface area contributed by atoms with E-state index in [1.54, 1.807) is 12.2 Å². The number of carbonyl (C=O) groups excluding carboxylic acids is 3. The van der Waals surface area contributed by atoms with Crippen molar-refractivity contribution in [2.45, 2.75) is 111 Å². The van der Waals surface area contributed by atoms with Crippen molar-refractivity contribution in [1.29, 1.82) is 0 Å². The number of ether oxygens (including phenoxy) is 4. The summed E-state index contributed by atoms with van der Waals surface area (Å²) in [5.74, 6) is -1.56. The molecule has 0 amide bonds. The minimum atomic E-state index is -1.11. The average Bonchev–Trinajstić information content (AvgIpc) is 3.11. The van der Waals surface area contributed by atoms with Gasteiger partial charge in [0.1, 0.15) is 6.10 Å². The third-order valence-electron chi connectivity index (χ3n) is 8.75. The Morgan fingerprint density at radius 1 is 1.13 bits per heavy atom. The van der Waals surface area contributed by atoms with Gasteiger partial charge in [0.15, 0.2) is 0 Å². The summed E-state index contributed by atoms with van der Waals surface area (Å²) in [5.41, 5.74) is 0.141. The molecular formula is C30H44O8. The molecule has 2 aliphatic carbocycles. The summed E-state index contributed by atoms with van der Waals surface area (Å²) in [6.45, 7) is 15.2. The minimum absolute atomic E-state index is 0.0842. The van der Waals surface area contributed by atoms with Crippen LogP contribution in [0.3, 0.4) is 0 Å². The summed E-state index contributed by atoms with van der Waals surface area (Å²) in [6, 6.07) is 0. The normalized spacial score (nSPS) is 36.4. The summed E-state index contributed by atoms with van der Waals surface area (Å²) >= 11 is 0. The number of aliphatic hydroxyl groups is 1. The van der Waals surface area contributed by atoms with Gasteiger partial charge in [0, 0.05) is 31.8 Å². The Kier molecular flexibility index (Phi) is 9.63. The molecule has 1 spiro atoms. The largest absolute Gasteiger partial charge is 0.462 e. The van der Waals surface area contributed by atoms with Crippen LogP contribution in [0.15, 0.2) is 36.0 Å². The van der Waals surface area contributed by atoms with Gasteiger partial charge in [-0.15, -0.1) is 0 Å². The molecule has 8 heteroatoms. The minimum Gasteiger partial charge on any atom is -0.462 e. The molecule has 0 aromatic heterocycles. The van der Waals surface area contributed by atoms with Crippen LogP contribution in [0.1, 0.15) is 86.5 Å². The molecule has 1 N–H and O–H groups in total. The van der Waals surface area contributed by atoms with Gasteiger partial charge in [-0.25, -0.2) is 0 Å². The Hall–Kier alpha value is -2.45. The second-order valence-electron chi connectivity index (χ2n) is 11.3. The third-order valence-corrected chi connectivity index (χ3v) is 8.75. The fraction of sp³-hybridized carbons (Fsp3) is 0.700. The first-order valence-corrected chi connectivity index (χ1v) is 13.8. The zero-order valence-corrected chi connectivity index (χ0v) is 23.7. The van der Waals surface area contributed by atoms with Crippen molar-refractivity contribution in [3.05, 3.63) is 36.0 Å². The molecule has 3 rings (SSSR count). The van der Waals surface area contributed by atoms with E-state index < -0.39 is 47.6 Å². The molecule has 2 fully saturated rings. The lowest BCUT2D eigenvalue weighted by Gasteiger charge is -2.60. The smallest absolute Gasteiger partial charge is 0.308 e. The zero-order valence-electron chi connectivity index (χ0n) is 23.7. The molecule has 0 aromatic carbocycles. The summed E-state index contributed by atoms with van der Waals surface area (Å²) in [6.07, 6.45) is 5.23. The van der Waals surface area contributed by atoms with E-state index >= 15 is 0 Å². The molecule has 3 aliphatic rings. The van der Waals surface area contributed by atoms with Crippen LogP contribution in [0.2, 0.25) is 0 Å². The number of hydrogen-bond acceptors (Lipinski definition) is 8. The lowest BCUT2D eigenvalue weighted by molar-refractivity contribution is -0.247. The van der Waals surface area contributed by atoms with Crippen LogP contribution in [0.5, 0.6) is 0 Å². The van der Waals surface area contributed by atoms with E-state index in [2.05, 4.69) is 26.5 Å². The fourth-order valence-electron chi connectivity index (χ4n) is 6.58. The standard InChI is InChI=1S/C30H44O8/c1-8-11-25(33)36-23-17-30-22(27(35-20(6)31)38-28(30)37-26(34)12-9-2)15-21(32)16-24(30)29(7,19(23)5)14-13-18(4)10-3/h10,13,15,19,21,23-24,27-28,32H,3,8-9,11-12,14,16-17H2,1-2,4-7H3/b18-13-/t19-,21+,23+,24+,27+,28-,29-,30-/m1/s1. The Morgan fingerprint density at radius 2 is 1.76 bits per heavy atom. The van der Waals surface area contributed by atoms with E-state index in [9.17, 15) is 19.5 Å². The summed E-state index contributed by atoms with van der Waals surface area (Å²) in [5, 5.41) is 11.0. The first-order valence-electron chi connectivity index (χ1n) is 13.8. The molecule has 1 saturated carbocycles. The highest BCUT2D eigenvalue weighted by Gasteiger charge is 2.70. The highest BCUT2D eigenvalue weighted by atomic mass is 16.8. The van der Waals surface area contributed by atoms with Crippen molar-refractivity contribution >= 4 is 17.9 Å². The van der Waals surface area contributed by atoms with E-state index in [0.717, 1.165) is 5.57 Å². The highest BCUT2D eigenvalue weighted by molar-refractivity contribution is 5.70. The van der Waals surface area contributed by atoms with Gasteiger partial charge in [0.2, 0.25) is 12.6 Å². The Morgan fingerprint density at radius 3 is 2.34 bits per heavy atom. The number of esters is 3. The molecule has 0 unspecified atom stereocenters. The van der Waals surface area contributed by atoms with E-state index in [1.807, 2.05) is 20.8 Å². The Balaban J connectivity index is 2.20. The van der Waals surface area contributed by atoms with Crippen LogP contribution in [-0.4, -0.2) is 47.8 Å². The molecular weight excluding hydrogens is 488 g/mol. The average molecular weight is 533 g/mol. The Bertz CT molecular complexity index is 983. The molecule has 8 nitrogen and oxygen atoms in total. The third kappa shape index (κ3) is 5.76. The van der Waals surface area contributed by atoms with E-state index in [-0.39, 0.29) is 24.2 Å².